The van der Waals surface area contributed by atoms with Gasteiger partial charge in [0.05, 0.1) is 12.7 Å². The highest BCUT2D eigenvalue weighted by Gasteiger charge is 2.26. The van der Waals surface area contributed by atoms with Gasteiger partial charge in [-0.3, -0.25) is 9.59 Å². The largest absolute Gasteiger partial charge is 0.493 e. The van der Waals surface area contributed by atoms with Gasteiger partial charge < -0.3 is 19.5 Å². The average molecular weight is 401 g/mol. The molecule has 7 heteroatoms. The Morgan fingerprint density at radius 1 is 1.24 bits per heavy atom. The standard InChI is InChI=1S/C22H24FNO5/c1-28-9-2-10-29-21-11-15(14-25)3-5-18(21)19-12-16(4-6-20(19)23)22(27)24-8-7-17(26)13-24/h3-6,11-12,14,17,26H,2,7-10,13H2,1H3. The van der Waals surface area contributed by atoms with Gasteiger partial charge >= 0.3 is 0 Å². The van der Waals surface area contributed by atoms with Gasteiger partial charge in [0.25, 0.3) is 5.91 Å². The van der Waals surface area contributed by atoms with Crippen molar-refractivity contribution in [3.05, 3.63) is 53.3 Å². The number of halogens is 1. The van der Waals surface area contributed by atoms with E-state index in [4.69, 9.17) is 9.47 Å². The van der Waals surface area contributed by atoms with Crippen LogP contribution in [0.5, 0.6) is 5.75 Å². The number of hydrogen-bond donors (Lipinski definition) is 1. The Morgan fingerprint density at radius 3 is 2.76 bits per heavy atom. The molecule has 6 nitrogen and oxygen atoms in total. The minimum Gasteiger partial charge on any atom is -0.493 e. The number of likely N-dealkylation sites (tertiary alicyclic amines) is 1. The maximum Gasteiger partial charge on any atom is 0.253 e. The van der Waals surface area contributed by atoms with Crippen molar-refractivity contribution in [1.82, 2.24) is 4.90 Å². The molecule has 1 amide bonds. The molecule has 0 aliphatic carbocycles. The first-order chi connectivity index (χ1) is 14.0. The van der Waals surface area contributed by atoms with Crippen molar-refractivity contribution in [2.75, 3.05) is 33.4 Å². The van der Waals surface area contributed by atoms with Crippen LogP contribution in [0.4, 0.5) is 4.39 Å². The number of ether oxygens (including phenoxy) is 2. The average Bonchev–Trinajstić information content (AvgIpc) is 3.17. The first-order valence-electron chi connectivity index (χ1n) is 9.51. The van der Waals surface area contributed by atoms with E-state index in [0.717, 1.165) is 0 Å². The number of aliphatic hydroxyl groups is 1. The minimum absolute atomic E-state index is 0.217. The van der Waals surface area contributed by atoms with E-state index in [1.54, 1.807) is 30.2 Å². The predicted molar refractivity (Wildman–Crippen MR) is 106 cm³/mol. The molecule has 1 saturated heterocycles. The van der Waals surface area contributed by atoms with Crippen LogP contribution >= 0.6 is 0 Å². The Bertz CT molecular complexity index is 886. The number of nitrogens with zero attached hydrogens (tertiary/aromatic N) is 1. The molecule has 2 aromatic carbocycles. The lowest BCUT2D eigenvalue weighted by Crippen LogP contribution is -2.29. The predicted octanol–water partition coefficient (Wildman–Crippen LogP) is 2.93. The Hall–Kier alpha value is -2.77. The number of amides is 1. The number of carbonyl (C=O) groups is 2. The van der Waals surface area contributed by atoms with Crippen LogP contribution in [0.2, 0.25) is 0 Å². The van der Waals surface area contributed by atoms with Crippen molar-refractivity contribution >= 4 is 12.2 Å². The topological polar surface area (TPSA) is 76.1 Å². The number of hydrogen-bond acceptors (Lipinski definition) is 5. The van der Waals surface area contributed by atoms with E-state index in [1.165, 1.54) is 18.2 Å². The van der Waals surface area contributed by atoms with E-state index in [0.29, 0.717) is 61.3 Å². The number of benzene rings is 2. The monoisotopic (exact) mass is 401 g/mol. The Labute approximate surface area is 168 Å². The molecule has 3 rings (SSSR count). The molecule has 1 aliphatic heterocycles. The van der Waals surface area contributed by atoms with Gasteiger partial charge in [0.2, 0.25) is 0 Å². The number of carbonyl (C=O) groups excluding carboxylic acids is 2. The summed E-state index contributed by atoms with van der Waals surface area (Å²) in [6.07, 6.45) is 1.34. The van der Waals surface area contributed by atoms with Crippen LogP contribution in [-0.2, 0) is 4.74 Å². The number of aliphatic hydroxyl groups excluding tert-OH is 1. The van der Waals surface area contributed by atoms with Gasteiger partial charge in [-0.2, -0.15) is 0 Å². The van der Waals surface area contributed by atoms with Crippen LogP contribution in [0, 0.1) is 5.82 Å². The van der Waals surface area contributed by atoms with Crippen molar-refractivity contribution in [2.45, 2.75) is 18.9 Å². The molecule has 0 spiro atoms. The van der Waals surface area contributed by atoms with Crippen molar-refractivity contribution in [2.24, 2.45) is 0 Å². The maximum atomic E-state index is 14.7. The molecule has 1 unspecified atom stereocenters. The smallest absolute Gasteiger partial charge is 0.253 e. The molecule has 1 aliphatic rings. The summed E-state index contributed by atoms with van der Waals surface area (Å²) in [7, 11) is 1.59. The first kappa shape index (κ1) is 21.0. The zero-order valence-electron chi connectivity index (χ0n) is 16.3. The fourth-order valence-corrected chi connectivity index (χ4v) is 3.31. The first-order valence-corrected chi connectivity index (χ1v) is 9.51. The number of aldehydes is 1. The summed E-state index contributed by atoms with van der Waals surface area (Å²) in [5.74, 6) is -0.385. The lowest BCUT2D eigenvalue weighted by atomic mass is 9.99. The van der Waals surface area contributed by atoms with Crippen LogP contribution in [-0.4, -0.2) is 61.7 Å². The molecule has 1 atom stereocenters. The maximum absolute atomic E-state index is 14.7. The molecule has 0 aromatic heterocycles. The molecule has 0 bridgehead atoms. The quantitative estimate of drug-likeness (QED) is 0.544. The SMILES string of the molecule is COCCCOc1cc(C=O)ccc1-c1cc(C(=O)N2CCC(O)C2)ccc1F. The zero-order chi connectivity index (χ0) is 20.8. The van der Waals surface area contributed by atoms with Crippen LogP contribution in [0.1, 0.15) is 33.6 Å². The second kappa shape index (κ2) is 9.62. The third kappa shape index (κ3) is 4.99. The highest BCUT2D eigenvalue weighted by Crippen LogP contribution is 2.34. The Morgan fingerprint density at radius 2 is 2.07 bits per heavy atom. The molecule has 154 valence electrons. The fourth-order valence-electron chi connectivity index (χ4n) is 3.31. The molecule has 0 radical (unpaired) electrons. The van der Waals surface area contributed by atoms with E-state index in [2.05, 4.69) is 0 Å². The second-order valence-corrected chi connectivity index (χ2v) is 6.96. The fraction of sp³-hybridized carbons (Fsp3) is 0.364. The van der Waals surface area contributed by atoms with Crippen LogP contribution in [0.25, 0.3) is 11.1 Å². The zero-order valence-corrected chi connectivity index (χ0v) is 16.3. The van der Waals surface area contributed by atoms with Crippen molar-refractivity contribution in [3.8, 4) is 16.9 Å². The van der Waals surface area contributed by atoms with Gasteiger partial charge in [0.1, 0.15) is 17.9 Å². The lowest BCUT2D eigenvalue weighted by Gasteiger charge is -2.17. The number of β-amino-alcohol motifs (C(OH)–C–C–N with tert-alkyl or cyclic N) is 1. The summed E-state index contributed by atoms with van der Waals surface area (Å²) in [6.45, 7) is 1.60. The molecule has 29 heavy (non-hydrogen) atoms. The highest BCUT2D eigenvalue weighted by atomic mass is 19.1. The summed E-state index contributed by atoms with van der Waals surface area (Å²) < 4.78 is 25.4. The van der Waals surface area contributed by atoms with Crippen LogP contribution in [0.15, 0.2) is 36.4 Å². The van der Waals surface area contributed by atoms with Gasteiger partial charge in [-0.15, -0.1) is 0 Å². The molecular weight excluding hydrogens is 377 g/mol. The summed E-state index contributed by atoms with van der Waals surface area (Å²) in [5, 5.41) is 9.67. The van der Waals surface area contributed by atoms with Gasteiger partial charge in [-0.05, 0) is 36.8 Å². The van der Waals surface area contributed by atoms with E-state index in [9.17, 15) is 19.1 Å². The van der Waals surface area contributed by atoms with E-state index >= 15 is 0 Å². The van der Waals surface area contributed by atoms with E-state index in [-0.39, 0.29) is 18.0 Å². The summed E-state index contributed by atoms with van der Waals surface area (Å²) in [6, 6.07) is 8.92. The van der Waals surface area contributed by atoms with Crippen molar-refractivity contribution in [1.29, 1.82) is 0 Å². The van der Waals surface area contributed by atoms with Gasteiger partial charge in [-0.1, -0.05) is 6.07 Å². The molecule has 1 heterocycles. The molecule has 2 aromatic rings. The third-order valence-electron chi connectivity index (χ3n) is 4.85. The van der Waals surface area contributed by atoms with Crippen molar-refractivity contribution in [3.63, 3.8) is 0 Å². The molecule has 1 N–H and O–H groups in total. The summed E-state index contributed by atoms with van der Waals surface area (Å²) >= 11 is 0. The summed E-state index contributed by atoms with van der Waals surface area (Å²) in [5.41, 5.74) is 1.42. The molecule has 1 fully saturated rings. The Balaban J connectivity index is 1.92. The van der Waals surface area contributed by atoms with Crippen LogP contribution in [0.3, 0.4) is 0 Å². The third-order valence-corrected chi connectivity index (χ3v) is 4.85. The Kier molecular flexibility index (Phi) is 6.95. The number of methoxy groups -OCH3 is 1. The normalized spacial score (nSPS) is 16.1. The van der Waals surface area contributed by atoms with Gasteiger partial charge in [0.15, 0.2) is 0 Å². The van der Waals surface area contributed by atoms with Gasteiger partial charge in [0, 0.05) is 55.5 Å². The number of rotatable bonds is 8. The summed E-state index contributed by atoms with van der Waals surface area (Å²) in [4.78, 5) is 25.4. The lowest BCUT2D eigenvalue weighted by molar-refractivity contribution is 0.0765. The van der Waals surface area contributed by atoms with E-state index < -0.39 is 11.9 Å². The minimum atomic E-state index is -0.526. The highest BCUT2D eigenvalue weighted by molar-refractivity contribution is 5.96. The van der Waals surface area contributed by atoms with Gasteiger partial charge in [-0.25, -0.2) is 4.39 Å². The molecule has 0 saturated carbocycles. The molecular formula is C22H24FNO5. The van der Waals surface area contributed by atoms with E-state index in [1.807, 2.05) is 0 Å². The second-order valence-electron chi connectivity index (χ2n) is 6.96. The van der Waals surface area contributed by atoms with Crippen LogP contribution < -0.4 is 4.74 Å². The van der Waals surface area contributed by atoms with Crippen molar-refractivity contribution < 1.29 is 28.6 Å².